The molecule has 4 rings (SSSR count). The van der Waals surface area contributed by atoms with Crippen LogP contribution in [0.25, 0.3) is 6.08 Å². The highest BCUT2D eigenvalue weighted by Gasteiger charge is 2.35. The van der Waals surface area contributed by atoms with Crippen LogP contribution in [0.15, 0.2) is 68.7 Å². The summed E-state index contributed by atoms with van der Waals surface area (Å²) in [6.07, 6.45) is 1.67. The molecule has 0 fully saturated rings. The molecule has 128 valence electrons. The molecule has 5 nitrogen and oxygen atoms in total. The molecular formula is C19H13BrN4OS. The first kappa shape index (κ1) is 16.9. The molecule has 0 unspecified atom stereocenters. The quantitative estimate of drug-likeness (QED) is 0.725. The van der Waals surface area contributed by atoms with E-state index in [1.54, 1.807) is 6.08 Å². The Morgan fingerprint density at radius 1 is 1.12 bits per heavy atom. The van der Waals surface area contributed by atoms with E-state index >= 15 is 0 Å². The van der Waals surface area contributed by atoms with Crippen molar-refractivity contribution in [2.45, 2.75) is 6.92 Å². The molecule has 0 atom stereocenters. The lowest BCUT2D eigenvalue weighted by molar-refractivity contribution is -0.114. The first-order valence-electron chi connectivity index (χ1n) is 7.84. The highest BCUT2D eigenvalue weighted by Crippen LogP contribution is 2.31. The number of halogens is 1. The summed E-state index contributed by atoms with van der Waals surface area (Å²) < 4.78 is 0.952. The number of rotatable bonds is 2. The molecule has 2 aliphatic heterocycles. The molecular weight excluding hydrogens is 412 g/mol. The van der Waals surface area contributed by atoms with Gasteiger partial charge in [-0.15, -0.1) is 0 Å². The van der Waals surface area contributed by atoms with E-state index in [-0.39, 0.29) is 11.4 Å². The van der Waals surface area contributed by atoms with Crippen molar-refractivity contribution in [1.29, 1.82) is 5.41 Å². The fourth-order valence-corrected chi connectivity index (χ4v) is 3.69. The van der Waals surface area contributed by atoms with Crippen LogP contribution in [0.1, 0.15) is 16.7 Å². The third kappa shape index (κ3) is 3.15. The lowest BCUT2D eigenvalue weighted by Gasteiger charge is -2.20. The molecule has 0 aliphatic carbocycles. The van der Waals surface area contributed by atoms with Crippen LogP contribution in [0.2, 0.25) is 0 Å². The van der Waals surface area contributed by atoms with E-state index in [1.165, 1.54) is 16.8 Å². The Morgan fingerprint density at radius 3 is 2.50 bits per heavy atom. The van der Waals surface area contributed by atoms with Crippen LogP contribution in [0.3, 0.4) is 0 Å². The van der Waals surface area contributed by atoms with Crippen LogP contribution in [0, 0.1) is 12.3 Å². The van der Waals surface area contributed by atoms with Crippen molar-refractivity contribution in [2.24, 2.45) is 10.1 Å². The minimum Gasteiger partial charge on any atom is -0.282 e. The van der Waals surface area contributed by atoms with Gasteiger partial charge in [0.05, 0.1) is 5.57 Å². The number of amidine groups is 2. The second kappa shape index (κ2) is 6.66. The zero-order valence-electron chi connectivity index (χ0n) is 13.7. The lowest BCUT2D eigenvalue weighted by atomic mass is 10.1. The standard InChI is InChI=1S/C19H13BrN4OS/c1-11-2-6-13(7-3-11)18-23-24-16(21)15(17(25)22-19(24)26-18)10-12-4-8-14(20)9-5-12/h2-10,21H,1H3/b15-10+,21-16?. The van der Waals surface area contributed by atoms with Gasteiger partial charge in [0, 0.05) is 10.0 Å². The third-order valence-corrected chi connectivity index (χ3v) is 5.42. The molecule has 1 amide bonds. The number of aryl methyl sites for hydroxylation is 1. The second-order valence-electron chi connectivity index (χ2n) is 5.84. The van der Waals surface area contributed by atoms with Gasteiger partial charge in [0.15, 0.2) is 5.84 Å². The Kier molecular flexibility index (Phi) is 4.34. The maximum atomic E-state index is 12.4. The third-order valence-electron chi connectivity index (χ3n) is 3.93. The van der Waals surface area contributed by atoms with Crippen LogP contribution in [0.5, 0.6) is 0 Å². The molecule has 0 radical (unpaired) electrons. The molecule has 2 aliphatic rings. The number of fused-ring (bicyclic) bond motifs is 1. The van der Waals surface area contributed by atoms with Gasteiger partial charge in [0.25, 0.3) is 5.91 Å². The predicted octanol–water partition coefficient (Wildman–Crippen LogP) is 4.42. The average molecular weight is 425 g/mol. The van der Waals surface area contributed by atoms with Crippen LogP contribution in [-0.2, 0) is 4.79 Å². The number of nitrogens with one attached hydrogen (secondary N) is 1. The van der Waals surface area contributed by atoms with E-state index < -0.39 is 5.91 Å². The molecule has 0 bridgehead atoms. The Hall–Kier alpha value is -2.51. The molecule has 2 aromatic rings. The number of amides is 1. The van der Waals surface area contributed by atoms with Gasteiger partial charge in [-0.25, -0.2) is 0 Å². The smallest absolute Gasteiger partial charge is 0.282 e. The van der Waals surface area contributed by atoms with Gasteiger partial charge < -0.3 is 0 Å². The van der Waals surface area contributed by atoms with Gasteiger partial charge in [-0.2, -0.15) is 15.1 Å². The molecule has 7 heteroatoms. The normalized spacial score (nSPS) is 18.1. The van der Waals surface area contributed by atoms with Crippen molar-refractivity contribution in [3.63, 3.8) is 0 Å². The molecule has 2 aromatic carbocycles. The molecule has 2 heterocycles. The molecule has 26 heavy (non-hydrogen) atoms. The molecule has 0 aromatic heterocycles. The Labute approximate surface area is 163 Å². The Bertz CT molecular complexity index is 1010. The topological polar surface area (TPSA) is 68.9 Å². The predicted molar refractivity (Wildman–Crippen MR) is 109 cm³/mol. The highest BCUT2D eigenvalue weighted by molar-refractivity contribution is 9.10. The van der Waals surface area contributed by atoms with Crippen molar-refractivity contribution < 1.29 is 4.79 Å². The lowest BCUT2D eigenvalue weighted by Crippen LogP contribution is -2.35. The van der Waals surface area contributed by atoms with Gasteiger partial charge in [-0.1, -0.05) is 57.9 Å². The van der Waals surface area contributed by atoms with Gasteiger partial charge in [0.2, 0.25) is 5.17 Å². The van der Waals surface area contributed by atoms with Crippen molar-refractivity contribution in [1.82, 2.24) is 5.01 Å². The average Bonchev–Trinajstić information content (AvgIpc) is 3.05. The summed E-state index contributed by atoms with van der Waals surface area (Å²) in [6.45, 7) is 2.02. The van der Waals surface area contributed by atoms with Crippen molar-refractivity contribution in [3.05, 3.63) is 75.3 Å². The number of nitrogens with zero attached hydrogens (tertiary/aromatic N) is 3. The maximum absolute atomic E-state index is 12.4. The summed E-state index contributed by atoms with van der Waals surface area (Å²) >= 11 is 4.69. The van der Waals surface area contributed by atoms with Crippen LogP contribution >= 0.6 is 27.7 Å². The molecule has 1 N–H and O–H groups in total. The molecule has 0 saturated carbocycles. The maximum Gasteiger partial charge on any atom is 0.283 e. The summed E-state index contributed by atoms with van der Waals surface area (Å²) in [6, 6.07) is 15.5. The summed E-state index contributed by atoms with van der Waals surface area (Å²) in [5, 5.41) is 15.5. The van der Waals surface area contributed by atoms with Crippen molar-refractivity contribution >= 4 is 55.7 Å². The molecule has 0 saturated heterocycles. The fraction of sp³-hybridized carbons (Fsp3) is 0.0526. The van der Waals surface area contributed by atoms with Crippen LogP contribution < -0.4 is 0 Å². The van der Waals surface area contributed by atoms with Gasteiger partial charge in [-0.05, 0) is 42.5 Å². The highest BCUT2D eigenvalue weighted by atomic mass is 79.9. The van der Waals surface area contributed by atoms with E-state index in [1.807, 2.05) is 55.5 Å². The summed E-state index contributed by atoms with van der Waals surface area (Å²) in [5.41, 5.74) is 3.16. The first-order valence-corrected chi connectivity index (χ1v) is 9.45. The van der Waals surface area contributed by atoms with E-state index in [0.717, 1.165) is 26.2 Å². The number of thioether (sulfide) groups is 1. The van der Waals surface area contributed by atoms with Crippen molar-refractivity contribution in [3.8, 4) is 0 Å². The van der Waals surface area contributed by atoms with E-state index in [9.17, 15) is 4.79 Å². The van der Waals surface area contributed by atoms with Crippen LogP contribution in [0.4, 0.5) is 0 Å². The van der Waals surface area contributed by atoms with E-state index in [0.29, 0.717) is 5.17 Å². The van der Waals surface area contributed by atoms with E-state index in [2.05, 4.69) is 26.0 Å². The monoisotopic (exact) mass is 424 g/mol. The Morgan fingerprint density at radius 2 is 1.81 bits per heavy atom. The van der Waals surface area contributed by atoms with Crippen LogP contribution in [-0.4, -0.2) is 27.0 Å². The number of aliphatic imine (C=N–C) groups is 1. The number of carbonyl (C=O) groups is 1. The number of hydrogen-bond donors (Lipinski definition) is 1. The number of carbonyl (C=O) groups excluding carboxylic acids is 1. The molecule has 0 spiro atoms. The largest absolute Gasteiger partial charge is 0.283 e. The minimum atomic E-state index is -0.419. The SMILES string of the molecule is Cc1ccc(C2=NN3C(=N)/C(=C\c4ccc(Br)cc4)C(=O)N=C3S2)cc1. The first-order chi connectivity index (χ1) is 12.5. The zero-order chi connectivity index (χ0) is 18.3. The van der Waals surface area contributed by atoms with Gasteiger partial charge >= 0.3 is 0 Å². The van der Waals surface area contributed by atoms with Gasteiger partial charge in [-0.3, -0.25) is 10.2 Å². The summed E-state index contributed by atoms with van der Waals surface area (Å²) in [4.78, 5) is 16.5. The van der Waals surface area contributed by atoms with E-state index in [4.69, 9.17) is 5.41 Å². The number of hydrazone groups is 1. The zero-order valence-corrected chi connectivity index (χ0v) is 16.1. The number of benzene rings is 2. The van der Waals surface area contributed by atoms with Gasteiger partial charge in [0.1, 0.15) is 5.04 Å². The minimum absolute atomic E-state index is 0.0394. The second-order valence-corrected chi connectivity index (χ2v) is 7.71. The Balaban J connectivity index is 1.68. The van der Waals surface area contributed by atoms with Crippen molar-refractivity contribution in [2.75, 3.05) is 0 Å². The number of hydrogen-bond acceptors (Lipinski definition) is 4. The summed E-state index contributed by atoms with van der Waals surface area (Å²) in [5.74, 6) is -0.380. The fourth-order valence-electron chi connectivity index (χ4n) is 2.53. The summed E-state index contributed by atoms with van der Waals surface area (Å²) in [7, 11) is 0.